The highest BCUT2D eigenvalue weighted by molar-refractivity contribution is 7.15. The van der Waals surface area contributed by atoms with Gasteiger partial charge in [-0.2, -0.15) is 0 Å². The van der Waals surface area contributed by atoms with Crippen LogP contribution in [0.5, 0.6) is 11.5 Å². The van der Waals surface area contributed by atoms with E-state index in [0.29, 0.717) is 33.4 Å². The second kappa shape index (κ2) is 8.38. The first-order chi connectivity index (χ1) is 14.5. The van der Waals surface area contributed by atoms with Gasteiger partial charge in [-0.3, -0.25) is 14.0 Å². The molecule has 4 aromatic rings. The Balaban J connectivity index is 1.53. The highest BCUT2D eigenvalue weighted by Crippen LogP contribution is 2.27. The number of methoxy groups -OCH3 is 1. The fourth-order valence-corrected chi connectivity index (χ4v) is 3.64. The zero-order valence-electron chi connectivity index (χ0n) is 16.4. The average Bonchev–Trinajstić information content (AvgIpc) is 3.23. The lowest BCUT2D eigenvalue weighted by Gasteiger charge is -2.13. The Hall–Kier alpha value is -3.65. The molecule has 0 unspecified atom stereocenters. The van der Waals surface area contributed by atoms with Gasteiger partial charge in [-0.05, 0) is 48.9 Å². The molecule has 0 aliphatic rings. The minimum Gasteiger partial charge on any atom is -0.497 e. The molecule has 4 rings (SSSR count). The summed E-state index contributed by atoms with van der Waals surface area (Å²) in [4.78, 5) is 29.8. The van der Waals surface area contributed by atoms with E-state index in [1.165, 1.54) is 21.8 Å². The molecule has 152 valence electrons. The van der Waals surface area contributed by atoms with E-state index in [0.717, 1.165) is 5.56 Å². The van der Waals surface area contributed by atoms with Crippen LogP contribution in [-0.2, 0) is 6.61 Å². The number of rotatable bonds is 6. The molecule has 2 heterocycles. The van der Waals surface area contributed by atoms with Gasteiger partial charge < -0.3 is 14.8 Å². The number of aromatic nitrogens is 2. The fraction of sp³-hybridized carbons (Fsp3) is 0.136. The molecular weight excluding hydrogens is 402 g/mol. The molecule has 1 N–H and O–H groups in total. The van der Waals surface area contributed by atoms with Gasteiger partial charge in [0.25, 0.3) is 11.5 Å². The van der Waals surface area contributed by atoms with E-state index in [2.05, 4.69) is 10.3 Å². The van der Waals surface area contributed by atoms with Crippen LogP contribution in [0.25, 0.3) is 4.96 Å². The molecule has 0 bridgehead atoms. The van der Waals surface area contributed by atoms with Crippen LogP contribution in [-0.4, -0.2) is 22.4 Å². The molecule has 8 heteroatoms. The van der Waals surface area contributed by atoms with E-state index in [4.69, 9.17) is 9.47 Å². The maximum absolute atomic E-state index is 12.6. The van der Waals surface area contributed by atoms with Crippen molar-refractivity contribution in [2.24, 2.45) is 0 Å². The summed E-state index contributed by atoms with van der Waals surface area (Å²) in [5.74, 6) is 0.921. The summed E-state index contributed by atoms with van der Waals surface area (Å²) in [6, 6.07) is 13.8. The lowest BCUT2D eigenvalue weighted by Crippen LogP contribution is -2.15. The SMILES string of the molecule is COc1ccc(C(=O)Nc2ccc(C)cc2OCc2cc(=O)n3ccsc3n2)cc1. The van der Waals surface area contributed by atoms with Crippen LogP contribution in [0.15, 0.2) is 64.9 Å². The molecule has 1 amide bonds. The number of nitrogens with one attached hydrogen (secondary N) is 1. The van der Waals surface area contributed by atoms with Gasteiger partial charge in [0, 0.05) is 23.2 Å². The van der Waals surface area contributed by atoms with Crippen molar-refractivity contribution in [3.05, 3.63) is 87.3 Å². The summed E-state index contributed by atoms with van der Waals surface area (Å²) in [5.41, 5.74) is 2.39. The molecule has 0 spiro atoms. The fourth-order valence-electron chi connectivity index (χ4n) is 2.90. The highest BCUT2D eigenvalue weighted by Gasteiger charge is 2.12. The third kappa shape index (κ3) is 4.18. The summed E-state index contributed by atoms with van der Waals surface area (Å²) in [5, 5.41) is 4.68. The number of nitrogens with zero attached hydrogens (tertiary/aromatic N) is 2. The molecule has 2 aromatic carbocycles. The number of benzene rings is 2. The monoisotopic (exact) mass is 421 g/mol. The number of fused-ring (bicyclic) bond motifs is 1. The molecule has 2 aromatic heterocycles. The smallest absolute Gasteiger partial charge is 0.258 e. The highest BCUT2D eigenvalue weighted by atomic mass is 32.1. The molecule has 0 fully saturated rings. The molecule has 7 nitrogen and oxygen atoms in total. The standard InChI is InChI=1S/C22H19N3O4S/c1-14-3-8-18(24-21(27)15-4-6-17(28-2)7-5-15)19(11-14)29-13-16-12-20(26)25-9-10-30-22(25)23-16/h3-12H,13H2,1-2H3,(H,24,27). The predicted molar refractivity (Wildman–Crippen MR) is 116 cm³/mol. The summed E-state index contributed by atoms with van der Waals surface area (Å²) >= 11 is 1.38. The first-order valence-corrected chi connectivity index (χ1v) is 10.1. The third-order valence-corrected chi connectivity index (χ3v) is 5.23. The number of thiazole rings is 1. The van der Waals surface area contributed by atoms with Crippen molar-refractivity contribution in [2.45, 2.75) is 13.5 Å². The maximum atomic E-state index is 12.6. The number of hydrogen-bond donors (Lipinski definition) is 1. The molecule has 0 aliphatic carbocycles. The number of ether oxygens (including phenoxy) is 2. The molecule has 0 saturated heterocycles. The third-order valence-electron chi connectivity index (χ3n) is 4.47. The number of carbonyl (C=O) groups is 1. The summed E-state index contributed by atoms with van der Waals surface area (Å²) in [7, 11) is 1.57. The zero-order chi connectivity index (χ0) is 21.1. The molecule has 0 atom stereocenters. The van der Waals surface area contributed by atoms with Gasteiger partial charge in [-0.1, -0.05) is 6.07 Å². The number of aryl methyl sites for hydroxylation is 1. The van der Waals surface area contributed by atoms with Crippen LogP contribution in [0.4, 0.5) is 5.69 Å². The van der Waals surface area contributed by atoms with Crippen LogP contribution in [0.1, 0.15) is 21.6 Å². The van der Waals surface area contributed by atoms with E-state index in [1.807, 2.05) is 24.4 Å². The number of amides is 1. The van der Waals surface area contributed by atoms with Crippen LogP contribution in [0.2, 0.25) is 0 Å². The minimum atomic E-state index is -0.261. The van der Waals surface area contributed by atoms with Crippen LogP contribution < -0.4 is 20.3 Å². The Bertz CT molecular complexity index is 1260. The van der Waals surface area contributed by atoms with E-state index in [1.54, 1.807) is 43.6 Å². The summed E-state index contributed by atoms with van der Waals surface area (Å²) in [6.07, 6.45) is 1.69. The molecule has 0 saturated carbocycles. The molecular formula is C22H19N3O4S. The second-order valence-corrected chi connectivity index (χ2v) is 7.49. The quantitative estimate of drug-likeness (QED) is 0.511. The lowest BCUT2D eigenvalue weighted by molar-refractivity contribution is 0.102. The second-order valence-electron chi connectivity index (χ2n) is 6.61. The minimum absolute atomic E-state index is 0.110. The van der Waals surface area contributed by atoms with Crippen LogP contribution in [0.3, 0.4) is 0 Å². The molecule has 0 radical (unpaired) electrons. The number of hydrogen-bond acceptors (Lipinski definition) is 6. The Morgan fingerprint density at radius 3 is 2.73 bits per heavy atom. The van der Waals surface area contributed by atoms with Gasteiger partial charge in [-0.25, -0.2) is 4.98 Å². The Labute approximate surface area is 176 Å². The van der Waals surface area contributed by atoms with Gasteiger partial charge in [-0.15, -0.1) is 11.3 Å². The van der Waals surface area contributed by atoms with E-state index in [-0.39, 0.29) is 18.1 Å². The normalized spacial score (nSPS) is 10.7. The van der Waals surface area contributed by atoms with Crippen molar-refractivity contribution in [3.8, 4) is 11.5 Å². The van der Waals surface area contributed by atoms with Crippen LogP contribution in [0, 0.1) is 6.92 Å². The van der Waals surface area contributed by atoms with Gasteiger partial charge in [0.1, 0.15) is 18.1 Å². The Morgan fingerprint density at radius 2 is 1.97 bits per heavy atom. The average molecular weight is 421 g/mol. The van der Waals surface area contributed by atoms with E-state index >= 15 is 0 Å². The first-order valence-electron chi connectivity index (χ1n) is 9.18. The van der Waals surface area contributed by atoms with E-state index in [9.17, 15) is 9.59 Å². The van der Waals surface area contributed by atoms with Crippen molar-refractivity contribution in [3.63, 3.8) is 0 Å². The van der Waals surface area contributed by atoms with Gasteiger partial charge in [0.2, 0.25) is 0 Å². The first kappa shape index (κ1) is 19.7. The largest absolute Gasteiger partial charge is 0.497 e. The maximum Gasteiger partial charge on any atom is 0.258 e. The van der Waals surface area contributed by atoms with Gasteiger partial charge in [0.05, 0.1) is 18.5 Å². The number of anilines is 1. The topological polar surface area (TPSA) is 81.9 Å². The number of carbonyl (C=O) groups excluding carboxylic acids is 1. The van der Waals surface area contributed by atoms with Crippen molar-refractivity contribution in [1.82, 2.24) is 9.38 Å². The van der Waals surface area contributed by atoms with Gasteiger partial charge in [0.15, 0.2) is 4.96 Å². The van der Waals surface area contributed by atoms with Crippen molar-refractivity contribution >= 4 is 27.9 Å². The van der Waals surface area contributed by atoms with Crippen LogP contribution >= 0.6 is 11.3 Å². The van der Waals surface area contributed by atoms with E-state index < -0.39 is 0 Å². The summed E-state index contributed by atoms with van der Waals surface area (Å²) < 4.78 is 12.5. The zero-order valence-corrected chi connectivity index (χ0v) is 17.2. The summed E-state index contributed by atoms with van der Waals surface area (Å²) in [6.45, 7) is 2.04. The van der Waals surface area contributed by atoms with Gasteiger partial charge >= 0.3 is 0 Å². The molecule has 0 aliphatic heterocycles. The Morgan fingerprint density at radius 1 is 1.17 bits per heavy atom. The van der Waals surface area contributed by atoms with Crippen molar-refractivity contribution in [2.75, 3.05) is 12.4 Å². The molecule has 30 heavy (non-hydrogen) atoms. The Kier molecular flexibility index (Phi) is 5.49. The lowest BCUT2D eigenvalue weighted by atomic mass is 10.1. The predicted octanol–water partition coefficient (Wildman–Crippen LogP) is 3.90. The van der Waals surface area contributed by atoms with Crippen molar-refractivity contribution in [1.29, 1.82) is 0 Å². The van der Waals surface area contributed by atoms with Crippen molar-refractivity contribution < 1.29 is 14.3 Å².